The first kappa shape index (κ1) is 15.1. The van der Waals surface area contributed by atoms with E-state index >= 15 is 0 Å². The summed E-state index contributed by atoms with van der Waals surface area (Å²) in [5, 5.41) is 20.5. The highest BCUT2D eigenvalue weighted by molar-refractivity contribution is 6.30. The van der Waals surface area contributed by atoms with E-state index in [1.807, 2.05) is 0 Å². The molecule has 0 atom stereocenters. The van der Waals surface area contributed by atoms with Gasteiger partial charge in [-0.05, 0) is 24.3 Å². The first-order valence-corrected chi connectivity index (χ1v) is 6.32. The van der Waals surface area contributed by atoms with Crippen LogP contribution in [-0.2, 0) is 6.61 Å². The van der Waals surface area contributed by atoms with Crippen molar-refractivity contribution < 1.29 is 19.5 Å². The van der Waals surface area contributed by atoms with Gasteiger partial charge in [-0.25, -0.2) is 0 Å². The van der Waals surface area contributed by atoms with Gasteiger partial charge in [0.15, 0.2) is 11.5 Å². The van der Waals surface area contributed by atoms with Crippen molar-refractivity contribution in [3.05, 3.63) is 57.1 Å². The Hall–Kier alpha value is -2.31. The van der Waals surface area contributed by atoms with E-state index in [0.717, 1.165) is 0 Å². The maximum absolute atomic E-state index is 10.7. The molecule has 0 saturated carbocycles. The maximum atomic E-state index is 10.7. The molecule has 0 bridgehead atoms. The standard InChI is InChI=1S/C14H12ClNO5/c1-20-14-7-11(16(18)19)3-5-13(14)21-12-4-2-10(15)6-9(12)8-17/h2-7,17H,8H2,1H3. The van der Waals surface area contributed by atoms with E-state index in [2.05, 4.69) is 0 Å². The van der Waals surface area contributed by atoms with Crippen LogP contribution in [0.2, 0.25) is 5.02 Å². The first-order chi connectivity index (χ1) is 10.0. The fourth-order valence-corrected chi connectivity index (χ4v) is 1.94. The summed E-state index contributed by atoms with van der Waals surface area (Å²) in [5.74, 6) is 0.928. The lowest BCUT2D eigenvalue weighted by Crippen LogP contribution is -1.96. The van der Waals surface area contributed by atoms with E-state index in [4.69, 9.17) is 21.1 Å². The van der Waals surface area contributed by atoms with Crippen molar-refractivity contribution in [2.45, 2.75) is 6.61 Å². The van der Waals surface area contributed by atoms with E-state index in [0.29, 0.717) is 22.1 Å². The molecule has 0 aliphatic rings. The third-order valence-corrected chi connectivity index (χ3v) is 3.01. The van der Waals surface area contributed by atoms with Crippen LogP contribution in [-0.4, -0.2) is 17.1 Å². The molecule has 0 spiro atoms. The highest BCUT2D eigenvalue weighted by Crippen LogP contribution is 2.36. The molecule has 0 unspecified atom stereocenters. The minimum absolute atomic E-state index is 0.0994. The van der Waals surface area contributed by atoms with Gasteiger partial charge in [-0.1, -0.05) is 11.6 Å². The third-order valence-electron chi connectivity index (χ3n) is 2.77. The number of hydrogen-bond acceptors (Lipinski definition) is 5. The number of non-ortho nitro benzene ring substituents is 1. The highest BCUT2D eigenvalue weighted by atomic mass is 35.5. The quantitative estimate of drug-likeness (QED) is 0.674. The SMILES string of the molecule is COc1cc([N+](=O)[O-])ccc1Oc1ccc(Cl)cc1CO. The average molecular weight is 310 g/mol. The maximum Gasteiger partial charge on any atom is 0.273 e. The molecule has 2 rings (SSSR count). The van der Waals surface area contributed by atoms with Crippen molar-refractivity contribution >= 4 is 17.3 Å². The van der Waals surface area contributed by atoms with Crippen molar-refractivity contribution in [2.24, 2.45) is 0 Å². The summed E-state index contributed by atoms with van der Waals surface area (Å²) >= 11 is 5.85. The molecule has 2 aromatic rings. The number of nitro benzene ring substituents is 1. The molecule has 7 heteroatoms. The number of methoxy groups -OCH3 is 1. The molecule has 0 aliphatic carbocycles. The van der Waals surface area contributed by atoms with Crippen molar-refractivity contribution in [1.82, 2.24) is 0 Å². The minimum atomic E-state index is -0.520. The van der Waals surface area contributed by atoms with Crippen LogP contribution in [0.15, 0.2) is 36.4 Å². The van der Waals surface area contributed by atoms with Gasteiger partial charge in [-0.2, -0.15) is 0 Å². The summed E-state index contributed by atoms with van der Waals surface area (Å²) in [7, 11) is 1.39. The zero-order valence-corrected chi connectivity index (χ0v) is 11.8. The lowest BCUT2D eigenvalue weighted by atomic mass is 10.2. The monoisotopic (exact) mass is 309 g/mol. The van der Waals surface area contributed by atoms with Gasteiger partial charge in [0.1, 0.15) is 5.75 Å². The number of hydrogen-bond donors (Lipinski definition) is 1. The molecule has 0 heterocycles. The van der Waals surface area contributed by atoms with Crippen LogP contribution in [0, 0.1) is 10.1 Å². The van der Waals surface area contributed by atoms with Gasteiger partial charge >= 0.3 is 0 Å². The van der Waals surface area contributed by atoms with Crippen LogP contribution in [0.5, 0.6) is 17.2 Å². The summed E-state index contributed by atoms with van der Waals surface area (Å²) in [6.07, 6.45) is 0. The van der Waals surface area contributed by atoms with Crippen LogP contribution in [0.25, 0.3) is 0 Å². The molecule has 0 fully saturated rings. The Balaban J connectivity index is 2.37. The van der Waals surface area contributed by atoms with E-state index in [1.165, 1.54) is 25.3 Å². The number of halogens is 1. The normalized spacial score (nSPS) is 10.2. The van der Waals surface area contributed by atoms with Crippen LogP contribution in [0.3, 0.4) is 0 Å². The Morgan fingerprint density at radius 3 is 2.52 bits per heavy atom. The van der Waals surface area contributed by atoms with Crippen LogP contribution in [0.1, 0.15) is 5.56 Å². The molecule has 21 heavy (non-hydrogen) atoms. The van der Waals surface area contributed by atoms with Gasteiger partial charge in [0, 0.05) is 16.7 Å². The second-order valence-corrected chi connectivity index (χ2v) is 4.54. The molecule has 2 aromatic carbocycles. The van der Waals surface area contributed by atoms with Gasteiger partial charge in [0.2, 0.25) is 0 Å². The predicted octanol–water partition coefficient (Wildman–Crippen LogP) is 3.54. The summed E-state index contributed by atoms with van der Waals surface area (Å²) < 4.78 is 10.7. The largest absolute Gasteiger partial charge is 0.493 e. The Bertz CT molecular complexity index is 674. The van der Waals surface area contributed by atoms with E-state index < -0.39 is 4.92 Å². The van der Waals surface area contributed by atoms with E-state index in [-0.39, 0.29) is 18.0 Å². The van der Waals surface area contributed by atoms with Crippen LogP contribution >= 0.6 is 11.6 Å². The number of nitrogens with zero attached hydrogens (tertiary/aromatic N) is 1. The third kappa shape index (κ3) is 3.42. The molecule has 0 amide bonds. The Kier molecular flexibility index (Phi) is 4.62. The van der Waals surface area contributed by atoms with Crippen LogP contribution in [0.4, 0.5) is 5.69 Å². The second kappa shape index (κ2) is 6.43. The number of rotatable bonds is 5. The second-order valence-electron chi connectivity index (χ2n) is 4.10. The molecule has 1 N–H and O–H groups in total. The molecule has 0 aliphatic heterocycles. The molecular weight excluding hydrogens is 298 g/mol. The number of benzene rings is 2. The zero-order chi connectivity index (χ0) is 15.4. The zero-order valence-electron chi connectivity index (χ0n) is 11.1. The summed E-state index contributed by atoms with van der Waals surface area (Å²) in [6, 6.07) is 8.82. The fraction of sp³-hybridized carbons (Fsp3) is 0.143. The molecule has 110 valence electrons. The molecule has 6 nitrogen and oxygen atoms in total. The van der Waals surface area contributed by atoms with Crippen molar-refractivity contribution in [3.63, 3.8) is 0 Å². The Labute approximate surface area is 125 Å². The highest BCUT2D eigenvalue weighted by Gasteiger charge is 2.14. The minimum Gasteiger partial charge on any atom is -0.493 e. The number of aliphatic hydroxyl groups excluding tert-OH is 1. The van der Waals surface area contributed by atoms with Crippen LogP contribution < -0.4 is 9.47 Å². The van der Waals surface area contributed by atoms with Gasteiger partial charge in [0.25, 0.3) is 5.69 Å². The number of ether oxygens (including phenoxy) is 2. The summed E-state index contributed by atoms with van der Waals surface area (Å²) in [4.78, 5) is 10.2. The molecule has 0 radical (unpaired) electrons. The number of nitro groups is 1. The first-order valence-electron chi connectivity index (χ1n) is 5.94. The molecule has 0 saturated heterocycles. The smallest absolute Gasteiger partial charge is 0.273 e. The van der Waals surface area contributed by atoms with Gasteiger partial charge in [0.05, 0.1) is 24.7 Å². The van der Waals surface area contributed by atoms with Crippen molar-refractivity contribution in [1.29, 1.82) is 0 Å². The van der Waals surface area contributed by atoms with Crippen molar-refractivity contribution in [3.8, 4) is 17.2 Å². The molecular formula is C14H12ClNO5. The van der Waals surface area contributed by atoms with E-state index in [1.54, 1.807) is 18.2 Å². The van der Waals surface area contributed by atoms with Gasteiger partial charge < -0.3 is 14.6 Å². The Morgan fingerprint density at radius 2 is 1.90 bits per heavy atom. The molecule has 0 aromatic heterocycles. The summed E-state index contributed by atoms with van der Waals surface area (Å²) in [5.41, 5.74) is 0.403. The van der Waals surface area contributed by atoms with E-state index in [9.17, 15) is 15.2 Å². The van der Waals surface area contributed by atoms with Gasteiger partial charge in [-0.3, -0.25) is 10.1 Å². The topological polar surface area (TPSA) is 81.8 Å². The van der Waals surface area contributed by atoms with Gasteiger partial charge in [-0.15, -0.1) is 0 Å². The van der Waals surface area contributed by atoms with Crippen molar-refractivity contribution in [2.75, 3.05) is 7.11 Å². The fourth-order valence-electron chi connectivity index (χ4n) is 1.74. The summed E-state index contributed by atoms with van der Waals surface area (Å²) in [6.45, 7) is -0.245. The Morgan fingerprint density at radius 1 is 1.19 bits per heavy atom. The lowest BCUT2D eigenvalue weighted by molar-refractivity contribution is -0.384. The predicted molar refractivity (Wildman–Crippen MR) is 77.1 cm³/mol. The average Bonchev–Trinajstić information content (AvgIpc) is 2.49. The number of aliphatic hydroxyl groups is 1. The lowest BCUT2D eigenvalue weighted by Gasteiger charge is -2.12.